The average molecular weight is 314 g/mol. The quantitative estimate of drug-likeness (QED) is 0.656. The predicted molar refractivity (Wildman–Crippen MR) is 90.9 cm³/mol. The van der Waals surface area contributed by atoms with Crippen molar-refractivity contribution in [1.82, 2.24) is 0 Å². The highest BCUT2D eigenvalue weighted by molar-refractivity contribution is 5.80. The van der Waals surface area contributed by atoms with Crippen molar-refractivity contribution in [3.05, 3.63) is 11.6 Å². The van der Waals surface area contributed by atoms with Gasteiger partial charge in [-0.1, -0.05) is 25.5 Å². The van der Waals surface area contributed by atoms with E-state index in [9.17, 15) is 9.59 Å². The fraction of sp³-hybridized carbons (Fsp3) is 0.810. The molecule has 4 aliphatic carbocycles. The van der Waals surface area contributed by atoms with Crippen molar-refractivity contribution in [2.24, 2.45) is 34.5 Å². The van der Waals surface area contributed by atoms with E-state index in [-0.39, 0.29) is 16.7 Å². The van der Waals surface area contributed by atoms with Crippen LogP contribution in [0.1, 0.15) is 72.1 Å². The lowest BCUT2D eigenvalue weighted by Gasteiger charge is -2.55. The van der Waals surface area contributed by atoms with Crippen LogP contribution >= 0.6 is 0 Å². The summed E-state index contributed by atoms with van der Waals surface area (Å²) in [4.78, 5) is 24.0. The van der Waals surface area contributed by atoms with Gasteiger partial charge in [0.25, 0.3) is 0 Å². The third kappa shape index (κ3) is 2.06. The molecule has 0 spiro atoms. The Morgan fingerprint density at radius 2 is 1.96 bits per heavy atom. The van der Waals surface area contributed by atoms with Crippen molar-refractivity contribution in [3.8, 4) is 0 Å². The Bertz CT molecular complexity index is 589. The normalized spacial score (nSPS) is 49.0. The Hall–Kier alpha value is -0.920. The zero-order valence-corrected chi connectivity index (χ0v) is 14.9. The summed E-state index contributed by atoms with van der Waals surface area (Å²) in [7, 11) is 0. The van der Waals surface area contributed by atoms with Crippen molar-refractivity contribution < 1.29 is 9.59 Å². The zero-order chi connectivity index (χ0) is 16.4. The minimum atomic E-state index is 0.188. The summed E-state index contributed by atoms with van der Waals surface area (Å²) < 4.78 is 0. The third-order valence-electron chi connectivity index (χ3n) is 8.33. The van der Waals surface area contributed by atoms with Crippen molar-refractivity contribution in [1.29, 1.82) is 0 Å². The van der Waals surface area contributed by atoms with E-state index in [4.69, 9.17) is 0 Å². The van der Waals surface area contributed by atoms with Crippen molar-refractivity contribution in [2.75, 3.05) is 0 Å². The van der Waals surface area contributed by atoms with Crippen LogP contribution in [0.3, 0.4) is 0 Å². The monoisotopic (exact) mass is 314 g/mol. The maximum atomic E-state index is 12.1. The first-order chi connectivity index (χ1) is 10.9. The van der Waals surface area contributed by atoms with Crippen LogP contribution in [0.5, 0.6) is 0 Å². The Morgan fingerprint density at radius 3 is 2.70 bits per heavy atom. The van der Waals surface area contributed by atoms with E-state index in [1.807, 2.05) is 0 Å². The van der Waals surface area contributed by atoms with Crippen LogP contribution in [0.15, 0.2) is 11.6 Å². The number of carbonyl (C=O) groups is 2. The summed E-state index contributed by atoms with van der Waals surface area (Å²) in [6.45, 7) is 6.60. The molecule has 3 saturated carbocycles. The molecule has 0 bridgehead atoms. The number of hydrogen-bond donors (Lipinski definition) is 0. The highest BCUT2D eigenvalue weighted by Gasteiger charge is 2.57. The number of hydrogen-bond acceptors (Lipinski definition) is 2. The lowest BCUT2D eigenvalue weighted by Crippen LogP contribution is -2.48. The summed E-state index contributed by atoms with van der Waals surface area (Å²) in [5.74, 6) is 3.07. The second-order valence-corrected chi connectivity index (χ2v) is 9.26. The molecule has 3 fully saturated rings. The molecule has 0 N–H and O–H groups in total. The molecule has 0 saturated heterocycles. The molecule has 2 nitrogen and oxygen atoms in total. The van der Waals surface area contributed by atoms with Crippen LogP contribution in [0.25, 0.3) is 0 Å². The molecule has 0 radical (unpaired) electrons. The number of carbonyl (C=O) groups excluding carboxylic acids is 2. The van der Waals surface area contributed by atoms with Gasteiger partial charge in [-0.25, -0.2) is 0 Å². The van der Waals surface area contributed by atoms with Crippen molar-refractivity contribution in [3.63, 3.8) is 0 Å². The fourth-order valence-corrected chi connectivity index (χ4v) is 6.98. The minimum Gasteiger partial charge on any atom is -0.300 e. The molecule has 23 heavy (non-hydrogen) atoms. The Balaban J connectivity index is 1.70. The second-order valence-electron chi connectivity index (χ2n) is 9.26. The molecule has 6 unspecified atom stereocenters. The number of allylic oxidation sites excluding steroid dienone is 2. The molecule has 0 heterocycles. The van der Waals surface area contributed by atoms with E-state index >= 15 is 0 Å². The topological polar surface area (TPSA) is 34.1 Å². The van der Waals surface area contributed by atoms with E-state index in [1.165, 1.54) is 19.3 Å². The number of rotatable bonds is 1. The van der Waals surface area contributed by atoms with E-state index in [0.29, 0.717) is 29.3 Å². The van der Waals surface area contributed by atoms with Crippen LogP contribution in [0, 0.1) is 34.5 Å². The standard InChI is InChI=1S/C21H30O2/c1-13(22)17-6-7-18-16-5-4-14-12-15(23)8-10-20(14,2)19(16)9-11-21(17,18)3/h9,14,16-18H,4-8,10-12H2,1-3H3. The SMILES string of the molecule is CC(=O)C1CCC2C3CCC4CC(=O)CCC4(C)C3=CCC12C. The smallest absolute Gasteiger partial charge is 0.133 e. The summed E-state index contributed by atoms with van der Waals surface area (Å²) in [6.07, 6.45) is 11.0. The van der Waals surface area contributed by atoms with Gasteiger partial charge in [-0.2, -0.15) is 0 Å². The highest BCUT2D eigenvalue weighted by atomic mass is 16.1. The van der Waals surface area contributed by atoms with E-state index in [0.717, 1.165) is 32.1 Å². The molecule has 2 heteroatoms. The lowest BCUT2D eigenvalue weighted by molar-refractivity contribution is -0.127. The van der Waals surface area contributed by atoms with Gasteiger partial charge < -0.3 is 0 Å². The summed E-state index contributed by atoms with van der Waals surface area (Å²) >= 11 is 0. The zero-order valence-electron chi connectivity index (χ0n) is 14.9. The van der Waals surface area contributed by atoms with Gasteiger partial charge in [0.15, 0.2) is 0 Å². The molecule has 126 valence electrons. The third-order valence-corrected chi connectivity index (χ3v) is 8.33. The van der Waals surface area contributed by atoms with Gasteiger partial charge in [0, 0.05) is 18.8 Å². The van der Waals surface area contributed by atoms with Gasteiger partial charge in [-0.05, 0) is 74.0 Å². The van der Waals surface area contributed by atoms with Gasteiger partial charge in [0.1, 0.15) is 11.6 Å². The molecule has 0 aromatic heterocycles. The van der Waals surface area contributed by atoms with Crippen LogP contribution < -0.4 is 0 Å². The van der Waals surface area contributed by atoms with Crippen LogP contribution in [-0.2, 0) is 9.59 Å². The molecule has 0 aliphatic heterocycles. The molecule has 0 amide bonds. The Labute approximate surface area is 140 Å². The van der Waals surface area contributed by atoms with E-state index in [2.05, 4.69) is 19.9 Å². The van der Waals surface area contributed by atoms with Crippen molar-refractivity contribution in [2.45, 2.75) is 72.1 Å². The summed E-state index contributed by atoms with van der Waals surface area (Å²) in [6, 6.07) is 0. The molecule has 6 atom stereocenters. The Morgan fingerprint density at radius 1 is 1.17 bits per heavy atom. The number of fused-ring (bicyclic) bond motifs is 5. The van der Waals surface area contributed by atoms with Crippen LogP contribution in [0.4, 0.5) is 0 Å². The van der Waals surface area contributed by atoms with Gasteiger partial charge in [-0.3, -0.25) is 9.59 Å². The maximum Gasteiger partial charge on any atom is 0.133 e. The predicted octanol–water partition coefficient (Wildman–Crippen LogP) is 4.72. The van der Waals surface area contributed by atoms with E-state index in [1.54, 1.807) is 12.5 Å². The maximum absolute atomic E-state index is 12.1. The van der Waals surface area contributed by atoms with E-state index < -0.39 is 0 Å². The van der Waals surface area contributed by atoms with Crippen LogP contribution in [-0.4, -0.2) is 11.6 Å². The molecule has 0 aromatic carbocycles. The summed E-state index contributed by atoms with van der Waals surface area (Å²) in [5.41, 5.74) is 2.12. The average Bonchev–Trinajstić information content (AvgIpc) is 2.85. The highest BCUT2D eigenvalue weighted by Crippen LogP contribution is 2.65. The number of Topliss-reactive ketones (excluding diaryl/α,β-unsaturated/α-hetero) is 2. The first kappa shape index (κ1) is 15.6. The molecular weight excluding hydrogens is 284 g/mol. The molecule has 0 aromatic rings. The van der Waals surface area contributed by atoms with Gasteiger partial charge in [-0.15, -0.1) is 0 Å². The molecule has 4 aliphatic rings. The first-order valence-electron chi connectivity index (χ1n) is 9.59. The minimum absolute atomic E-state index is 0.188. The second kappa shape index (κ2) is 5.04. The first-order valence-corrected chi connectivity index (χ1v) is 9.59. The lowest BCUT2D eigenvalue weighted by atomic mass is 9.49. The summed E-state index contributed by atoms with van der Waals surface area (Å²) in [5, 5.41) is 0. The van der Waals surface area contributed by atoms with Gasteiger partial charge >= 0.3 is 0 Å². The molecular formula is C21H30O2. The van der Waals surface area contributed by atoms with Gasteiger partial charge in [0.2, 0.25) is 0 Å². The van der Waals surface area contributed by atoms with Gasteiger partial charge in [0.05, 0.1) is 0 Å². The molecule has 4 rings (SSSR count). The number of ketones is 2. The Kier molecular flexibility index (Phi) is 3.42. The largest absolute Gasteiger partial charge is 0.300 e. The fourth-order valence-electron chi connectivity index (χ4n) is 6.98. The van der Waals surface area contributed by atoms with Crippen LogP contribution in [0.2, 0.25) is 0 Å². The van der Waals surface area contributed by atoms with Crippen molar-refractivity contribution >= 4 is 11.6 Å².